The van der Waals surface area contributed by atoms with Gasteiger partial charge in [0.1, 0.15) is 5.52 Å². The van der Waals surface area contributed by atoms with Crippen molar-refractivity contribution in [3.8, 4) is 11.3 Å². The van der Waals surface area contributed by atoms with Crippen LogP contribution >= 0.6 is 11.6 Å². The molecule has 3 aromatic rings. The molecule has 0 spiro atoms. The molecule has 3 rings (SSSR count). The number of carboxylic acids is 1. The lowest BCUT2D eigenvalue weighted by atomic mass is 10.1. The number of aromatic carboxylic acids is 1. The zero-order valence-corrected chi connectivity index (χ0v) is 11.8. The van der Waals surface area contributed by atoms with Gasteiger partial charge in [-0.05, 0) is 29.8 Å². The number of nitrogens with zero attached hydrogens (tertiary/aromatic N) is 1. The Hall–Kier alpha value is -2.86. The van der Waals surface area contributed by atoms with Crippen LogP contribution in [0.4, 0.5) is 5.69 Å². The molecule has 0 aliphatic carbocycles. The predicted octanol–water partition coefficient (Wildman–Crippen LogP) is 4.09. The number of hydrogen-bond donors (Lipinski definition) is 2. The van der Waals surface area contributed by atoms with E-state index >= 15 is 0 Å². The van der Waals surface area contributed by atoms with Gasteiger partial charge in [0.2, 0.25) is 0 Å². The molecule has 0 saturated carbocycles. The van der Waals surface area contributed by atoms with Gasteiger partial charge in [0.05, 0.1) is 10.5 Å². The first-order valence-corrected chi connectivity index (χ1v) is 6.64. The molecular formula is C15H9ClN2O4. The molecule has 0 bridgehead atoms. The summed E-state index contributed by atoms with van der Waals surface area (Å²) >= 11 is 5.89. The second kappa shape index (κ2) is 5.16. The topological polar surface area (TPSA) is 96.2 Å². The van der Waals surface area contributed by atoms with Crippen molar-refractivity contribution in [3.63, 3.8) is 0 Å². The zero-order chi connectivity index (χ0) is 15.9. The van der Waals surface area contributed by atoms with Crippen LogP contribution in [0.2, 0.25) is 5.02 Å². The monoisotopic (exact) mass is 316 g/mol. The molecule has 0 radical (unpaired) electrons. The van der Waals surface area contributed by atoms with Crippen LogP contribution in [-0.2, 0) is 0 Å². The van der Waals surface area contributed by atoms with Crippen molar-refractivity contribution < 1.29 is 14.8 Å². The van der Waals surface area contributed by atoms with E-state index in [1.807, 2.05) is 0 Å². The van der Waals surface area contributed by atoms with E-state index in [0.29, 0.717) is 22.2 Å². The lowest BCUT2D eigenvalue weighted by Crippen LogP contribution is -1.95. The highest BCUT2D eigenvalue weighted by atomic mass is 35.5. The molecule has 22 heavy (non-hydrogen) atoms. The number of aromatic amines is 1. The lowest BCUT2D eigenvalue weighted by Gasteiger charge is -1.99. The van der Waals surface area contributed by atoms with Crippen LogP contribution < -0.4 is 0 Å². The molecule has 0 unspecified atom stereocenters. The number of aromatic nitrogens is 1. The van der Waals surface area contributed by atoms with E-state index in [2.05, 4.69) is 4.98 Å². The number of H-pyrrole nitrogens is 1. The second-order valence-corrected chi connectivity index (χ2v) is 5.15. The van der Waals surface area contributed by atoms with E-state index in [0.717, 1.165) is 0 Å². The van der Waals surface area contributed by atoms with E-state index in [1.165, 1.54) is 18.2 Å². The van der Waals surface area contributed by atoms with E-state index in [1.54, 1.807) is 24.3 Å². The lowest BCUT2D eigenvalue weighted by molar-refractivity contribution is -0.383. The highest BCUT2D eigenvalue weighted by Gasteiger charge is 2.17. The number of rotatable bonds is 3. The molecule has 2 aromatic carbocycles. The zero-order valence-electron chi connectivity index (χ0n) is 11.0. The summed E-state index contributed by atoms with van der Waals surface area (Å²) < 4.78 is 0. The maximum atomic E-state index is 11.1. The minimum Gasteiger partial charge on any atom is -0.478 e. The van der Waals surface area contributed by atoms with Crippen molar-refractivity contribution in [3.05, 3.63) is 63.2 Å². The van der Waals surface area contributed by atoms with Gasteiger partial charge >= 0.3 is 5.97 Å². The number of non-ortho nitro benzene ring substituents is 1. The van der Waals surface area contributed by atoms with Crippen LogP contribution in [0.25, 0.3) is 22.2 Å². The van der Waals surface area contributed by atoms with Crippen LogP contribution in [0.1, 0.15) is 10.4 Å². The van der Waals surface area contributed by atoms with Gasteiger partial charge in [-0.1, -0.05) is 23.7 Å². The number of fused-ring (bicyclic) bond motifs is 1. The molecule has 0 amide bonds. The number of benzene rings is 2. The van der Waals surface area contributed by atoms with Gasteiger partial charge in [-0.2, -0.15) is 0 Å². The van der Waals surface area contributed by atoms with E-state index in [4.69, 9.17) is 16.7 Å². The summed E-state index contributed by atoms with van der Waals surface area (Å²) in [5.41, 5.74) is 1.59. The highest BCUT2D eigenvalue weighted by molar-refractivity contribution is 6.31. The molecule has 6 nitrogen and oxygen atoms in total. The predicted molar refractivity (Wildman–Crippen MR) is 82.4 cm³/mol. The minimum absolute atomic E-state index is 0.122. The van der Waals surface area contributed by atoms with Gasteiger partial charge < -0.3 is 10.1 Å². The Balaban J connectivity index is 2.21. The van der Waals surface area contributed by atoms with Crippen molar-refractivity contribution in [2.24, 2.45) is 0 Å². The van der Waals surface area contributed by atoms with Crippen molar-refractivity contribution in [1.82, 2.24) is 4.98 Å². The largest absolute Gasteiger partial charge is 0.478 e. The van der Waals surface area contributed by atoms with Crippen LogP contribution in [0.5, 0.6) is 0 Å². The molecule has 7 heteroatoms. The summed E-state index contributed by atoms with van der Waals surface area (Å²) in [6.45, 7) is 0. The molecule has 0 atom stereocenters. The average Bonchev–Trinajstić information content (AvgIpc) is 2.90. The van der Waals surface area contributed by atoms with Crippen molar-refractivity contribution in [2.75, 3.05) is 0 Å². The Morgan fingerprint density at radius 3 is 2.68 bits per heavy atom. The molecule has 1 aromatic heterocycles. The van der Waals surface area contributed by atoms with E-state index < -0.39 is 10.9 Å². The Labute approximate surface area is 129 Å². The Kier molecular flexibility index (Phi) is 3.30. The van der Waals surface area contributed by atoms with Crippen LogP contribution in [0.15, 0.2) is 42.5 Å². The van der Waals surface area contributed by atoms with Crippen LogP contribution in [0, 0.1) is 10.1 Å². The van der Waals surface area contributed by atoms with Gasteiger partial charge in [-0.25, -0.2) is 4.79 Å². The van der Waals surface area contributed by atoms with E-state index in [-0.39, 0.29) is 16.3 Å². The molecule has 1 heterocycles. The van der Waals surface area contributed by atoms with Gasteiger partial charge in [-0.15, -0.1) is 0 Å². The molecule has 110 valence electrons. The first-order valence-electron chi connectivity index (χ1n) is 6.26. The summed E-state index contributed by atoms with van der Waals surface area (Å²) in [6, 6.07) is 10.9. The second-order valence-electron chi connectivity index (χ2n) is 4.72. The summed E-state index contributed by atoms with van der Waals surface area (Å²) in [6.07, 6.45) is 0. The number of carboxylic acid groups (broad SMARTS) is 1. The number of nitro groups is 1. The maximum Gasteiger partial charge on any atom is 0.335 e. The minimum atomic E-state index is -1.04. The third-order valence-electron chi connectivity index (χ3n) is 3.29. The molecule has 0 aliphatic heterocycles. The molecular weight excluding hydrogens is 308 g/mol. The standard InChI is InChI=1S/C15H9ClN2O4/c16-11-5-10-6-12(17-14(10)13(7-11)18(21)22)8-2-1-3-9(4-8)15(19)20/h1-7,17H,(H,19,20). The van der Waals surface area contributed by atoms with Gasteiger partial charge in [0.25, 0.3) is 5.69 Å². The molecule has 0 fully saturated rings. The number of carbonyl (C=O) groups is 1. The normalized spacial score (nSPS) is 10.8. The summed E-state index contributed by atoms with van der Waals surface area (Å²) in [4.78, 5) is 24.6. The SMILES string of the molecule is O=C(O)c1cccc(-c2cc3cc(Cl)cc([N+](=O)[O-])c3[nH]2)c1. The Morgan fingerprint density at radius 2 is 2.00 bits per heavy atom. The maximum absolute atomic E-state index is 11.1. The van der Waals surface area contributed by atoms with E-state index in [9.17, 15) is 14.9 Å². The summed E-state index contributed by atoms with van der Waals surface area (Å²) in [5.74, 6) is -1.04. The molecule has 0 aliphatic rings. The quantitative estimate of drug-likeness (QED) is 0.561. The Bertz CT molecular complexity index is 917. The molecule has 2 N–H and O–H groups in total. The Morgan fingerprint density at radius 1 is 1.23 bits per heavy atom. The summed E-state index contributed by atoms with van der Waals surface area (Å²) in [7, 11) is 0. The number of nitro benzene ring substituents is 1. The van der Waals surface area contributed by atoms with Crippen molar-refractivity contribution >= 4 is 34.2 Å². The number of nitrogens with one attached hydrogen (secondary N) is 1. The fraction of sp³-hybridized carbons (Fsp3) is 0. The highest BCUT2D eigenvalue weighted by Crippen LogP contribution is 2.33. The fourth-order valence-electron chi connectivity index (χ4n) is 2.31. The van der Waals surface area contributed by atoms with Gasteiger partial charge in [0, 0.05) is 22.2 Å². The molecule has 0 saturated heterocycles. The van der Waals surface area contributed by atoms with Crippen LogP contribution in [-0.4, -0.2) is 21.0 Å². The number of hydrogen-bond acceptors (Lipinski definition) is 3. The summed E-state index contributed by atoms with van der Waals surface area (Å²) in [5, 5.41) is 21.0. The van der Waals surface area contributed by atoms with Crippen molar-refractivity contribution in [2.45, 2.75) is 0 Å². The van der Waals surface area contributed by atoms with Crippen molar-refractivity contribution in [1.29, 1.82) is 0 Å². The first kappa shape index (κ1) is 14.1. The first-order chi connectivity index (χ1) is 10.5. The number of halogens is 1. The van der Waals surface area contributed by atoms with Gasteiger partial charge in [0.15, 0.2) is 0 Å². The average molecular weight is 317 g/mol. The fourth-order valence-corrected chi connectivity index (χ4v) is 2.53. The smallest absolute Gasteiger partial charge is 0.335 e. The van der Waals surface area contributed by atoms with Gasteiger partial charge in [-0.3, -0.25) is 10.1 Å². The van der Waals surface area contributed by atoms with Crippen LogP contribution in [0.3, 0.4) is 0 Å². The third kappa shape index (κ3) is 2.40. The third-order valence-corrected chi connectivity index (χ3v) is 3.51.